The Balaban J connectivity index is 1.64. The van der Waals surface area contributed by atoms with E-state index in [0.29, 0.717) is 29.3 Å². The third kappa shape index (κ3) is 3.82. The molecule has 0 spiro atoms. The second kappa shape index (κ2) is 8.71. The average Bonchev–Trinajstić information content (AvgIpc) is 3.54. The largest absolute Gasteiger partial charge is 0.476 e. The van der Waals surface area contributed by atoms with Crippen LogP contribution in [0.15, 0.2) is 34.0 Å². The Kier molecular flexibility index (Phi) is 6.13. The van der Waals surface area contributed by atoms with Gasteiger partial charge in [0.2, 0.25) is 15.9 Å². The van der Waals surface area contributed by atoms with Crippen LogP contribution in [0.4, 0.5) is 10.1 Å². The number of rotatable bonds is 6. The summed E-state index contributed by atoms with van der Waals surface area (Å²) in [6, 6.07) is 3.18. The Hall–Kier alpha value is -1.78. The molecule has 4 aliphatic carbocycles. The Morgan fingerprint density at radius 1 is 1.26 bits per heavy atom. The first-order chi connectivity index (χ1) is 16.2. The van der Waals surface area contributed by atoms with Crippen molar-refractivity contribution in [2.24, 2.45) is 11.8 Å². The molecule has 7 nitrogen and oxygen atoms in total. The number of aliphatic carboxylic acids is 1. The Bertz CT molecular complexity index is 1120. The van der Waals surface area contributed by atoms with Gasteiger partial charge in [0, 0.05) is 31.2 Å². The summed E-state index contributed by atoms with van der Waals surface area (Å²) >= 11 is 1.36. The number of nitrogens with zero attached hydrogens (tertiary/aromatic N) is 2. The molecule has 34 heavy (non-hydrogen) atoms. The average molecular weight is 511 g/mol. The highest BCUT2D eigenvalue weighted by molar-refractivity contribution is 7.98. The van der Waals surface area contributed by atoms with E-state index in [9.17, 15) is 17.6 Å². The number of carboxylic acid groups (broad SMARTS) is 1. The number of halogens is 1. The molecule has 0 radical (unpaired) electrons. The molecule has 186 valence electrons. The quantitative estimate of drug-likeness (QED) is 0.339. The first-order valence-corrected chi connectivity index (χ1v) is 14.6. The summed E-state index contributed by atoms with van der Waals surface area (Å²) in [5.41, 5.74) is 0.678. The van der Waals surface area contributed by atoms with E-state index in [1.807, 2.05) is 12.3 Å². The predicted molar refractivity (Wildman–Crippen MR) is 128 cm³/mol. The van der Waals surface area contributed by atoms with Gasteiger partial charge in [0.1, 0.15) is 16.9 Å². The fourth-order valence-electron chi connectivity index (χ4n) is 6.59. The third-order valence-electron chi connectivity index (χ3n) is 8.40. The van der Waals surface area contributed by atoms with Crippen molar-refractivity contribution in [3.63, 3.8) is 0 Å². The maximum Gasteiger partial charge on any atom is 0.368 e. The van der Waals surface area contributed by atoms with E-state index in [4.69, 9.17) is 9.84 Å². The number of ether oxygens (including phenoxy) is 1. The number of sulfonamides is 1. The number of likely N-dealkylation sites (N-methyl/N-ethyl adjacent to an activating group) is 1. The molecule has 1 aromatic rings. The van der Waals surface area contributed by atoms with Crippen LogP contribution in [-0.4, -0.2) is 55.2 Å². The summed E-state index contributed by atoms with van der Waals surface area (Å²) in [6.45, 7) is 0.668. The number of benzene rings is 1. The van der Waals surface area contributed by atoms with Crippen molar-refractivity contribution in [3.05, 3.63) is 24.2 Å². The molecule has 1 aromatic carbocycles. The van der Waals surface area contributed by atoms with Crippen molar-refractivity contribution in [2.45, 2.75) is 72.7 Å². The number of hydrogen-bond donors (Lipinski definition) is 1. The van der Waals surface area contributed by atoms with Crippen LogP contribution in [-0.2, 0) is 14.8 Å². The van der Waals surface area contributed by atoms with E-state index in [1.165, 1.54) is 24.2 Å². The standard InChI is InChI=1S/C24H31FN2O5S2/c1-26-19(16-5-3-4-6-16)13-27(24-8-7-15(11-24)12-24)18-9-21(33-2)20(10-22(18)34(26,30)31)32-14-17(25)23(28)29/h9-10,14-16,19H,3-8,11-13H2,1-2H3,(H,28,29)/b17-14-/t15?,19-,24?/m0/s1. The third-order valence-corrected chi connectivity index (χ3v) is 11.1. The molecule has 4 saturated carbocycles. The van der Waals surface area contributed by atoms with Gasteiger partial charge < -0.3 is 14.7 Å². The number of fused-ring (bicyclic) bond motifs is 2. The minimum atomic E-state index is -3.85. The second-order valence-electron chi connectivity index (χ2n) is 10.1. The lowest BCUT2D eigenvalue weighted by Gasteiger charge is -2.50. The van der Waals surface area contributed by atoms with Crippen LogP contribution in [0.25, 0.3) is 0 Å². The fraction of sp³-hybridized carbons (Fsp3) is 0.625. The van der Waals surface area contributed by atoms with Crippen molar-refractivity contribution in [1.82, 2.24) is 4.31 Å². The van der Waals surface area contributed by atoms with Crippen molar-refractivity contribution >= 4 is 33.4 Å². The van der Waals surface area contributed by atoms with Gasteiger partial charge in [-0.05, 0) is 62.7 Å². The van der Waals surface area contributed by atoms with Gasteiger partial charge in [-0.25, -0.2) is 13.2 Å². The number of thioether (sulfide) groups is 1. The van der Waals surface area contributed by atoms with Gasteiger partial charge in [0.25, 0.3) is 0 Å². The van der Waals surface area contributed by atoms with Crippen molar-refractivity contribution in [1.29, 1.82) is 0 Å². The highest BCUT2D eigenvalue weighted by Gasteiger charge is 2.56. The fourth-order valence-corrected chi connectivity index (χ4v) is 8.72. The summed E-state index contributed by atoms with van der Waals surface area (Å²) < 4.78 is 48.4. The number of anilines is 1. The smallest absolute Gasteiger partial charge is 0.368 e. The van der Waals surface area contributed by atoms with Crippen molar-refractivity contribution in [2.75, 3.05) is 24.7 Å². The van der Waals surface area contributed by atoms with Gasteiger partial charge in [-0.2, -0.15) is 8.70 Å². The summed E-state index contributed by atoms with van der Waals surface area (Å²) in [4.78, 5) is 14.0. The summed E-state index contributed by atoms with van der Waals surface area (Å²) in [6.07, 6.45) is 11.1. The molecule has 6 rings (SSSR count). The van der Waals surface area contributed by atoms with E-state index < -0.39 is 21.8 Å². The van der Waals surface area contributed by atoms with E-state index in [-0.39, 0.29) is 22.2 Å². The van der Waals surface area contributed by atoms with E-state index in [2.05, 4.69) is 4.90 Å². The monoisotopic (exact) mass is 510 g/mol. The molecule has 4 fully saturated rings. The van der Waals surface area contributed by atoms with Gasteiger partial charge in [0.05, 0.1) is 10.6 Å². The Labute approximate surface area is 204 Å². The topological polar surface area (TPSA) is 87.1 Å². The minimum Gasteiger partial charge on any atom is -0.476 e. The van der Waals surface area contributed by atoms with Gasteiger partial charge in [0.15, 0.2) is 0 Å². The lowest BCUT2D eigenvalue weighted by Crippen LogP contribution is -2.57. The van der Waals surface area contributed by atoms with Gasteiger partial charge in [-0.15, -0.1) is 11.8 Å². The molecule has 0 saturated heterocycles. The molecule has 1 aliphatic heterocycles. The lowest BCUT2D eigenvalue weighted by atomic mass is 9.75. The molecule has 5 aliphatic rings. The van der Waals surface area contributed by atoms with Crippen molar-refractivity contribution < 1.29 is 27.4 Å². The van der Waals surface area contributed by atoms with Crippen LogP contribution in [0, 0.1) is 11.8 Å². The zero-order valence-electron chi connectivity index (χ0n) is 19.5. The SMILES string of the molecule is CSc1cc2c(cc1O/C=C(\F)C(=O)O)S(=O)(=O)N(C)[C@H](C1CCCC1)CN2C12CCC(C1)C2. The number of carbonyl (C=O) groups is 1. The lowest BCUT2D eigenvalue weighted by molar-refractivity contribution is -0.134. The first kappa shape index (κ1) is 23.9. The minimum absolute atomic E-state index is 0.00958. The van der Waals surface area contributed by atoms with Gasteiger partial charge in [-0.1, -0.05) is 12.8 Å². The molecular formula is C24H31FN2O5S2. The number of carboxylic acids is 1. The van der Waals surface area contributed by atoms with Crippen molar-refractivity contribution in [3.8, 4) is 5.75 Å². The maximum atomic E-state index is 13.9. The molecule has 2 bridgehead atoms. The van der Waals surface area contributed by atoms with Crippen LogP contribution >= 0.6 is 11.8 Å². The van der Waals surface area contributed by atoms with E-state index in [0.717, 1.165) is 50.9 Å². The van der Waals surface area contributed by atoms with Crippen LogP contribution in [0.2, 0.25) is 0 Å². The molecule has 1 N–H and O–H groups in total. The second-order valence-corrected chi connectivity index (χ2v) is 13.0. The van der Waals surface area contributed by atoms with Crippen LogP contribution < -0.4 is 9.64 Å². The summed E-state index contributed by atoms with van der Waals surface area (Å²) in [5.74, 6) is -2.01. The summed E-state index contributed by atoms with van der Waals surface area (Å²) in [5, 5.41) is 8.82. The highest BCUT2D eigenvalue weighted by Crippen LogP contribution is 2.58. The molecule has 0 unspecified atom stereocenters. The molecular weight excluding hydrogens is 479 g/mol. The molecule has 1 atom stereocenters. The molecule has 10 heteroatoms. The van der Waals surface area contributed by atoms with E-state index >= 15 is 0 Å². The molecule has 0 aromatic heterocycles. The van der Waals surface area contributed by atoms with E-state index in [1.54, 1.807) is 11.4 Å². The highest BCUT2D eigenvalue weighted by atomic mass is 32.2. The van der Waals surface area contributed by atoms with Gasteiger partial charge in [-0.3, -0.25) is 0 Å². The van der Waals surface area contributed by atoms with Crippen LogP contribution in [0.5, 0.6) is 5.75 Å². The van der Waals surface area contributed by atoms with Crippen LogP contribution in [0.3, 0.4) is 0 Å². The normalized spacial score (nSPS) is 31.1. The zero-order chi connectivity index (χ0) is 24.3. The molecule has 1 heterocycles. The Morgan fingerprint density at radius 3 is 2.56 bits per heavy atom. The summed E-state index contributed by atoms with van der Waals surface area (Å²) in [7, 11) is -2.17. The maximum absolute atomic E-state index is 13.9. The van der Waals surface area contributed by atoms with Crippen LogP contribution in [0.1, 0.15) is 51.4 Å². The predicted octanol–water partition coefficient (Wildman–Crippen LogP) is 4.62. The zero-order valence-corrected chi connectivity index (χ0v) is 21.1. The number of hydrogen-bond acceptors (Lipinski definition) is 6. The van der Waals surface area contributed by atoms with Gasteiger partial charge >= 0.3 is 5.97 Å². The first-order valence-electron chi connectivity index (χ1n) is 11.9. The molecule has 0 amide bonds. The Morgan fingerprint density at radius 2 is 1.97 bits per heavy atom.